The fourth-order valence-electron chi connectivity index (χ4n) is 1.44. The van der Waals surface area contributed by atoms with Crippen LogP contribution in [0.3, 0.4) is 0 Å². The molecule has 0 atom stereocenters. The van der Waals surface area contributed by atoms with E-state index in [1.165, 1.54) is 18.1 Å². The Kier molecular flexibility index (Phi) is 6.18. The van der Waals surface area contributed by atoms with Gasteiger partial charge in [-0.15, -0.1) is 0 Å². The molecular weight excluding hydrogens is 262 g/mol. The predicted molar refractivity (Wildman–Crippen MR) is 73.0 cm³/mol. The zero-order valence-electron chi connectivity index (χ0n) is 11.5. The monoisotopic (exact) mass is 279 g/mol. The van der Waals surface area contributed by atoms with E-state index in [2.05, 4.69) is 21.6 Å². The highest BCUT2D eigenvalue weighted by molar-refractivity contribution is 5.87. The van der Waals surface area contributed by atoms with E-state index in [0.717, 1.165) is 6.26 Å². The molecule has 0 aliphatic heterocycles. The number of anilines is 1. The van der Waals surface area contributed by atoms with Gasteiger partial charge in [-0.25, -0.2) is 9.78 Å². The molecule has 0 aromatic carbocycles. The zero-order chi connectivity index (χ0) is 15.0. The van der Waals surface area contributed by atoms with Gasteiger partial charge < -0.3 is 14.8 Å². The Bertz CT molecular complexity index is 490. The van der Waals surface area contributed by atoms with Gasteiger partial charge in [0, 0.05) is 18.8 Å². The smallest absolute Gasteiger partial charge is 0.420 e. The summed E-state index contributed by atoms with van der Waals surface area (Å²) in [6.45, 7) is 3.45. The van der Waals surface area contributed by atoms with E-state index >= 15 is 0 Å². The molecule has 0 aliphatic carbocycles. The predicted octanol–water partition coefficient (Wildman–Crippen LogP) is 1.06. The number of carbonyl (C=O) groups is 2. The third kappa shape index (κ3) is 4.36. The molecule has 1 rings (SSSR count). The molecule has 7 heteroatoms. The van der Waals surface area contributed by atoms with Crippen LogP contribution < -0.4 is 10.2 Å². The zero-order valence-corrected chi connectivity index (χ0v) is 11.5. The van der Waals surface area contributed by atoms with Crippen molar-refractivity contribution in [2.24, 2.45) is 0 Å². The lowest BCUT2D eigenvalue weighted by atomic mass is 10.2. The van der Waals surface area contributed by atoms with E-state index in [1.807, 2.05) is 0 Å². The Morgan fingerprint density at radius 2 is 2.30 bits per heavy atom. The molecule has 1 amide bonds. The second-order valence-corrected chi connectivity index (χ2v) is 3.79. The van der Waals surface area contributed by atoms with Crippen molar-refractivity contribution >= 4 is 17.9 Å². The maximum absolute atomic E-state index is 11.6. The number of nitrogens with zero attached hydrogens (tertiary/aromatic N) is 2. The second-order valence-electron chi connectivity index (χ2n) is 3.79. The number of likely N-dealkylation sites (N-methyl/N-ethyl adjacent to an activating group) is 1. The third-order valence-corrected chi connectivity index (χ3v) is 2.35. The third-order valence-electron chi connectivity index (χ3n) is 2.35. The minimum Gasteiger partial charge on any atom is -0.460 e. The SMILES string of the molecule is C=COC(=O)N(C)c1ncccc1COC(=O)CNC. The quantitative estimate of drug-likeness (QED) is 0.619. The molecular formula is C13H17N3O4. The van der Waals surface area contributed by atoms with Crippen LogP contribution in [0.5, 0.6) is 0 Å². The van der Waals surface area contributed by atoms with Gasteiger partial charge in [-0.05, 0) is 13.1 Å². The van der Waals surface area contributed by atoms with E-state index in [9.17, 15) is 9.59 Å². The summed E-state index contributed by atoms with van der Waals surface area (Å²) in [5.41, 5.74) is 0.598. The maximum atomic E-state index is 11.6. The van der Waals surface area contributed by atoms with Crippen molar-refractivity contribution < 1.29 is 19.1 Å². The lowest BCUT2D eigenvalue weighted by Crippen LogP contribution is -2.28. The first-order chi connectivity index (χ1) is 9.60. The fraction of sp³-hybridized carbons (Fsp3) is 0.308. The standard InChI is InChI=1S/C13H17N3O4/c1-4-19-13(18)16(3)12-10(6-5-7-15-12)9-20-11(17)8-14-2/h4-7,14H,1,8-9H2,2-3H3. The number of aromatic nitrogens is 1. The lowest BCUT2D eigenvalue weighted by Gasteiger charge is -2.17. The molecule has 7 nitrogen and oxygen atoms in total. The van der Waals surface area contributed by atoms with Crippen molar-refractivity contribution in [2.75, 3.05) is 25.5 Å². The Labute approximate surface area is 117 Å². The number of rotatable bonds is 6. The summed E-state index contributed by atoms with van der Waals surface area (Å²) in [7, 11) is 3.16. The number of amides is 1. The van der Waals surface area contributed by atoms with Gasteiger partial charge in [-0.1, -0.05) is 12.6 Å². The highest BCUT2D eigenvalue weighted by atomic mass is 16.5. The van der Waals surface area contributed by atoms with E-state index in [-0.39, 0.29) is 13.2 Å². The molecule has 0 spiro atoms. The van der Waals surface area contributed by atoms with E-state index in [1.54, 1.807) is 19.2 Å². The molecule has 1 heterocycles. The van der Waals surface area contributed by atoms with Gasteiger partial charge in [-0.3, -0.25) is 9.69 Å². The summed E-state index contributed by atoms with van der Waals surface area (Å²) in [5.74, 6) is -0.0322. The van der Waals surface area contributed by atoms with Gasteiger partial charge in [0.05, 0.1) is 12.8 Å². The highest BCUT2D eigenvalue weighted by Gasteiger charge is 2.17. The molecule has 0 aliphatic rings. The van der Waals surface area contributed by atoms with Crippen molar-refractivity contribution in [3.63, 3.8) is 0 Å². The van der Waals surface area contributed by atoms with Crippen molar-refractivity contribution in [2.45, 2.75) is 6.61 Å². The average Bonchev–Trinajstić information content (AvgIpc) is 2.45. The first kappa shape index (κ1) is 15.6. The number of nitrogens with one attached hydrogen (secondary N) is 1. The van der Waals surface area contributed by atoms with Crippen LogP contribution in [0.4, 0.5) is 10.6 Å². The largest absolute Gasteiger partial charge is 0.460 e. The molecule has 0 saturated heterocycles. The van der Waals surface area contributed by atoms with Gasteiger partial charge in [0.2, 0.25) is 0 Å². The van der Waals surface area contributed by atoms with Crippen molar-refractivity contribution in [3.8, 4) is 0 Å². The summed E-state index contributed by atoms with van der Waals surface area (Å²) in [6, 6.07) is 3.41. The summed E-state index contributed by atoms with van der Waals surface area (Å²) in [5, 5.41) is 2.69. The van der Waals surface area contributed by atoms with Gasteiger partial charge in [0.1, 0.15) is 12.4 Å². The van der Waals surface area contributed by atoms with Gasteiger partial charge in [0.25, 0.3) is 0 Å². The highest BCUT2D eigenvalue weighted by Crippen LogP contribution is 2.17. The molecule has 1 aromatic rings. The molecule has 20 heavy (non-hydrogen) atoms. The number of esters is 1. The van der Waals surface area contributed by atoms with Gasteiger partial charge >= 0.3 is 12.1 Å². The van der Waals surface area contributed by atoms with Crippen LogP contribution in [0.15, 0.2) is 31.2 Å². The van der Waals surface area contributed by atoms with Gasteiger partial charge in [0.15, 0.2) is 0 Å². The van der Waals surface area contributed by atoms with Crippen LogP contribution in [0.25, 0.3) is 0 Å². The van der Waals surface area contributed by atoms with Crippen LogP contribution in [0.2, 0.25) is 0 Å². The van der Waals surface area contributed by atoms with Crippen molar-refractivity contribution in [3.05, 3.63) is 36.7 Å². The number of hydrogen-bond acceptors (Lipinski definition) is 6. The normalized spacial score (nSPS) is 9.70. The average molecular weight is 279 g/mol. The lowest BCUT2D eigenvalue weighted by molar-refractivity contribution is -0.143. The maximum Gasteiger partial charge on any atom is 0.420 e. The Balaban J connectivity index is 2.79. The topological polar surface area (TPSA) is 80.8 Å². The first-order valence-corrected chi connectivity index (χ1v) is 5.89. The van der Waals surface area contributed by atoms with Crippen molar-refractivity contribution in [1.29, 1.82) is 0 Å². The first-order valence-electron chi connectivity index (χ1n) is 5.89. The molecule has 0 bridgehead atoms. The van der Waals surface area contributed by atoms with E-state index in [4.69, 9.17) is 4.74 Å². The Morgan fingerprint density at radius 3 is 2.95 bits per heavy atom. The molecule has 0 radical (unpaired) electrons. The summed E-state index contributed by atoms with van der Waals surface area (Å²) in [4.78, 5) is 28.2. The summed E-state index contributed by atoms with van der Waals surface area (Å²) >= 11 is 0. The fourth-order valence-corrected chi connectivity index (χ4v) is 1.44. The van der Waals surface area contributed by atoms with Crippen molar-refractivity contribution in [1.82, 2.24) is 10.3 Å². The Morgan fingerprint density at radius 1 is 1.55 bits per heavy atom. The number of pyridine rings is 1. The minimum atomic E-state index is -0.624. The van der Waals surface area contributed by atoms with Crippen LogP contribution in [-0.4, -0.2) is 37.7 Å². The molecule has 0 fully saturated rings. The molecule has 108 valence electrons. The van der Waals surface area contributed by atoms with Crippen LogP contribution in [-0.2, 0) is 20.9 Å². The Hall–Kier alpha value is -2.41. The molecule has 1 N–H and O–H groups in total. The second kappa shape index (κ2) is 7.90. The molecule has 0 saturated carbocycles. The van der Waals surface area contributed by atoms with E-state index < -0.39 is 12.1 Å². The molecule has 1 aromatic heterocycles. The minimum absolute atomic E-state index is 0.0232. The number of carbonyl (C=O) groups excluding carboxylic acids is 2. The van der Waals surface area contributed by atoms with Crippen LogP contribution in [0.1, 0.15) is 5.56 Å². The number of hydrogen-bond donors (Lipinski definition) is 1. The summed E-state index contributed by atoms with van der Waals surface area (Å²) < 4.78 is 9.73. The van der Waals surface area contributed by atoms with E-state index in [0.29, 0.717) is 11.4 Å². The van der Waals surface area contributed by atoms with Gasteiger partial charge in [-0.2, -0.15) is 0 Å². The molecule has 0 unspecified atom stereocenters. The van der Waals surface area contributed by atoms with Crippen LogP contribution >= 0.6 is 0 Å². The van der Waals surface area contributed by atoms with Crippen LogP contribution in [0, 0.1) is 0 Å². The summed E-state index contributed by atoms with van der Waals surface area (Å²) in [6.07, 6.45) is 1.95. The number of ether oxygens (including phenoxy) is 2.